The van der Waals surface area contributed by atoms with Gasteiger partial charge in [0.1, 0.15) is 0 Å². The summed E-state index contributed by atoms with van der Waals surface area (Å²) in [6.07, 6.45) is 1.21. The molecule has 1 aromatic carbocycles. The molecule has 0 unspecified atom stereocenters. The van der Waals surface area contributed by atoms with Crippen LogP contribution in [-0.4, -0.2) is 30.6 Å². The Bertz CT molecular complexity index is 374. The molecule has 1 N–H and O–H groups in total. The quantitative estimate of drug-likeness (QED) is 0.867. The Kier molecular flexibility index (Phi) is 4.43. The molecule has 1 fully saturated rings. The van der Waals surface area contributed by atoms with Gasteiger partial charge in [0.25, 0.3) is 0 Å². The van der Waals surface area contributed by atoms with E-state index < -0.39 is 0 Å². The van der Waals surface area contributed by atoms with E-state index in [1.54, 1.807) is 0 Å². The fourth-order valence-electron chi connectivity index (χ4n) is 2.27. The van der Waals surface area contributed by atoms with E-state index in [4.69, 9.17) is 11.6 Å². The topological polar surface area (TPSA) is 15.3 Å². The number of benzene rings is 1. The highest BCUT2D eigenvalue weighted by Crippen LogP contribution is 2.19. The van der Waals surface area contributed by atoms with Crippen LogP contribution in [0.5, 0.6) is 0 Å². The van der Waals surface area contributed by atoms with Gasteiger partial charge < -0.3 is 5.32 Å². The molecular weight excluding hydrogens is 232 g/mol. The summed E-state index contributed by atoms with van der Waals surface area (Å²) < 4.78 is 0. The van der Waals surface area contributed by atoms with Crippen LogP contribution in [0, 0.1) is 6.92 Å². The zero-order chi connectivity index (χ0) is 12.3. The number of aryl methyl sites for hydroxylation is 1. The average Bonchev–Trinajstić information content (AvgIpc) is 2.20. The Balaban J connectivity index is 2.05. The lowest BCUT2D eigenvalue weighted by Gasteiger charge is -2.38. The van der Waals surface area contributed by atoms with Crippen molar-refractivity contribution >= 4 is 11.6 Å². The van der Waals surface area contributed by atoms with E-state index in [1.807, 2.05) is 6.07 Å². The van der Waals surface area contributed by atoms with Gasteiger partial charge in [0.05, 0.1) is 0 Å². The Hall–Kier alpha value is -0.570. The predicted molar refractivity (Wildman–Crippen MR) is 73.5 cm³/mol. The summed E-state index contributed by atoms with van der Waals surface area (Å²) in [5, 5.41) is 4.18. The average molecular weight is 253 g/mol. The van der Waals surface area contributed by atoms with Crippen molar-refractivity contribution in [1.82, 2.24) is 10.2 Å². The van der Waals surface area contributed by atoms with E-state index in [9.17, 15) is 0 Å². The fraction of sp³-hybridized carbons (Fsp3) is 0.571. The molecule has 94 valence electrons. The number of hydrogen-bond acceptors (Lipinski definition) is 2. The van der Waals surface area contributed by atoms with Gasteiger partial charge in [-0.2, -0.15) is 0 Å². The first-order valence-electron chi connectivity index (χ1n) is 6.40. The van der Waals surface area contributed by atoms with Crippen LogP contribution >= 0.6 is 11.6 Å². The second-order valence-electron chi connectivity index (χ2n) is 4.85. The Morgan fingerprint density at radius 3 is 2.71 bits per heavy atom. The molecule has 17 heavy (non-hydrogen) atoms. The molecule has 1 saturated heterocycles. The van der Waals surface area contributed by atoms with E-state index in [2.05, 4.69) is 36.2 Å². The Morgan fingerprint density at radius 1 is 1.41 bits per heavy atom. The molecule has 0 saturated carbocycles. The van der Waals surface area contributed by atoms with Crippen molar-refractivity contribution in [2.24, 2.45) is 0 Å². The van der Waals surface area contributed by atoms with Crippen LogP contribution in [0.25, 0.3) is 0 Å². The molecule has 0 atom stereocenters. The third kappa shape index (κ3) is 3.21. The van der Waals surface area contributed by atoms with Crippen LogP contribution in [-0.2, 0) is 6.54 Å². The highest BCUT2D eigenvalue weighted by molar-refractivity contribution is 6.30. The maximum Gasteiger partial charge on any atom is 0.0408 e. The van der Waals surface area contributed by atoms with Crippen LogP contribution < -0.4 is 5.32 Å². The molecule has 0 spiro atoms. The summed E-state index contributed by atoms with van der Waals surface area (Å²) in [7, 11) is 0. The lowest BCUT2D eigenvalue weighted by atomic mass is 10.1. The van der Waals surface area contributed by atoms with Crippen molar-refractivity contribution in [3.05, 3.63) is 34.3 Å². The van der Waals surface area contributed by atoms with Crippen LogP contribution in [0.2, 0.25) is 5.02 Å². The van der Waals surface area contributed by atoms with Crippen LogP contribution in [0.1, 0.15) is 24.5 Å². The summed E-state index contributed by atoms with van der Waals surface area (Å²) in [6.45, 7) is 8.87. The summed E-state index contributed by atoms with van der Waals surface area (Å²) in [4.78, 5) is 2.58. The van der Waals surface area contributed by atoms with Crippen molar-refractivity contribution < 1.29 is 0 Å². The molecule has 0 aromatic heterocycles. The molecule has 1 aromatic rings. The normalized spacial score (nSPS) is 16.2. The minimum Gasteiger partial charge on any atom is -0.314 e. The number of halogens is 1. The highest BCUT2D eigenvalue weighted by atomic mass is 35.5. The van der Waals surface area contributed by atoms with Gasteiger partial charge in [-0.1, -0.05) is 24.6 Å². The zero-order valence-electron chi connectivity index (χ0n) is 10.7. The van der Waals surface area contributed by atoms with E-state index >= 15 is 0 Å². The van der Waals surface area contributed by atoms with Gasteiger partial charge >= 0.3 is 0 Å². The van der Waals surface area contributed by atoms with Crippen molar-refractivity contribution in [3.8, 4) is 0 Å². The molecule has 1 aliphatic heterocycles. The van der Waals surface area contributed by atoms with Crippen molar-refractivity contribution in [2.75, 3.05) is 19.6 Å². The van der Waals surface area contributed by atoms with Gasteiger partial charge in [-0.3, -0.25) is 4.90 Å². The minimum atomic E-state index is 0.713. The Labute approximate surface area is 109 Å². The lowest BCUT2D eigenvalue weighted by molar-refractivity contribution is 0.137. The van der Waals surface area contributed by atoms with Crippen molar-refractivity contribution in [1.29, 1.82) is 0 Å². The molecule has 0 amide bonds. The first kappa shape index (κ1) is 12.9. The number of nitrogens with zero attached hydrogens (tertiary/aromatic N) is 1. The summed E-state index contributed by atoms with van der Waals surface area (Å²) >= 11 is 5.99. The fourth-order valence-corrected chi connectivity index (χ4v) is 2.49. The number of rotatable bonds is 5. The van der Waals surface area contributed by atoms with E-state index in [-0.39, 0.29) is 0 Å². The van der Waals surface area contributed by atoms with Gasteiger partial charge in [-0.15, -0.1) is 0 Å². The third-order valence-corrected chi connectivity index (χ3v) is 3.70. The van der Waals surface area contributed by atoms with E-state index in [1.165, 1.54) is 24.1 Å². The third-order valence-electron chi connectivity index (χ3n) is 3.47. The van der Waals surface area contributed by atoms with Gasteiger partial charge in [0.15, 0.2) is 0 Å². The molecular formula is C14H21ClN2. The first-order valence-corrected chi connectivity index (χ1v) is 6.78. The minimum absolute atomic E-state index is 0.713. The summed E-state index contributed by atoms with van der Waals surface area (Å²) in [5.74, 6) is 0. The standard InChI is InChI=1S/C14H21ClN2/c1-3-6-17(14-8-16-9-14)10-12-4-5-13(15)7-11(12)2/h4-5,7,14,16H,3,6,8-10H2,1-2H3. The van der Waals surface area contributed by atoms with Crippen molar-refractivity contribution in [3.63, 3.8) is 0 Å². The molecule has 2 nitrogen and oxygen atoms in total. The second kappa shape index (κ2) is 5.85. The smallest absolute Gasteiger partial charge is 0.0408 e. The highest BCUT2D eigenvalue weighted by Gasteiger charge is 2.24. The van der Waals surface area contributed by atoms with Crippen LogP contribution in [0.15, 0.2) is 18.2 Å². The summed E-state index contributed by atoms with van der Waals surface area (Å²) in [6, 6.07) is 6.92. The van der Waals surface area contributed by atoms with Gasteiger partial charge in [0.2, 0.25) is 0 Å². The summed E-state index contributed by atoms with van der Waals surface area (Å²) in [5.41, 5.74) is 2.70. The molecule has 0 bridgehead atoms. The van der Waals surface area contributed by atoms with Gasteiger partial charge in [0, 0.05) is 30.7 Å². The molecule has 1 aliphatic rings. The van der Waals surface area contributed by atoms with Gasteiger partial charge in [-0.05, 0) is 43.1 Å². The molecule has 3 heteroatoms. The predicted octanol–water partition coefficient (Wildman–Crippen LogP) is 2.83. The Morgan fingerprint density at radius 2 is 2.18 bits per heavy atom. The van der Waals surface area contributed by atoms with Crippen molar-refractivity contribution in [2.45, 2.75) is 32.9 Å². The van der Waals surface area contributed by atoms with Crippen LogP contribution in [0.3, 0.4) is 0 Å². The maximum absolute atomic E-state index is 5.99. The molecule has 0 radical (unpaired) electrons. The van der Waals surface area contributed by atoms with Gasteiger partial charge in [-0.25, -0.2) is 0 Å². The number of hydrogen-bond donors (Lipinski definition) is 1. The molecule has 0 aliphatic carbocycles. The second-order valence-corrected chi connectivity index (χ2v) is 5.29. The van der Waals surface area contributed by atoms with E-state index in [0.29, 0.717) is 6.04 Å². The maximum atomic E-state index is 5.99. The lowest BCUT2D eigenvalue weighted by Crippen LogP contribution is -2.57. The first-order chi connectivity index (χ1) is 8.20. The van der Waals surface area contributed by atoms with E-state index in [0.717, 1.165) is 24.7 Å². The largest absolute Gasteiger partial charge is 0.314 e. The number of nitrogens with one attached hydrogen (secondary N) is 1. The SMILES string of the molecule is CCCN(Cc1ccc(Cl)cc1C)C1CNC1. The molecule has 1 heterocycles. The molecule has 2 rings (SSSR count). The van der Waals surface area contributed by atoms with Crippen LogP contribution in [0.4, 0.5) is 0 Å². The monoisotopic (exact) mass is 252 g/mol. The zero-order valence-corrected chi connectivity index (χ0v) is 11.4.